The molecule has 0 fully saturated rings. The predicted octanol–water partition coefficient (Wildman–Crippen LogP) is 5.22. The number of aryl methyl sites for hydroxylation is 3. The van der Waals surface area contributed by atoms with Crippen LogP contribution in [0.25, 0.3) is 22.6 Å². The summed E-state index contributed by atoms with van der Waals surface area (Å²) in [4.78, 5) is 4.78. The van der Waals surface area contributed by atoms with Crippen LogP contribution in [0.2, 0.25) is 0 Å². The molecule has 0 aliphatic carbocycles. The molecule has 0 aliphatic rings. The number of hydrogen-bond donors (Lipinski definition) is 1. The summed E-state index contributed by atoms with van der Waals surface area (Å²) in [7, 11) is -3.67. The van der Waals surface area contributed by atoms with Crippen molar-refractivity contribution in [1.82, 2.24) is 4.98 Å². The lowest BCUT2D eigenvalue weighted by Gasteiger charge is -2.11. The first-order valence-corrected chi connectivity index (χ1v) is 10.4. The van der Waals surface area contributed by atoms with Crippen LogP contribution in [-0.4, -0.2) is 13.4 Å². The number of anilines is 1. The zero-order chi connectivity index (χ0) is 19.9. The zero-order valence-corrected chi connectivity index (χ0v) is 16.7. The van der Waals surface area contributed by atoms with E-state index in [2.05, 4.69) is 9.71 Å². The van der Waals surface area contributed by atoms with Gasteiger partial charge in [-0.2, -0.15) is 0 Å². The highest BCUT2D eigenvalue weighted by molar-refractivity contribution is 7.92. The van der Waals surface area contributed by atoms with Gasteiger partial charge in [-0.3, -0.25) is 4.72 Å². The largest absolute Gasteiger partial charge is 0.436 e. The second-order valence-electron chi connectivity index (χ2n) is 6.87. The second-order valence-corrected chi connectivity index (χ2v) is 8.55. The van der Waals surface area contributed by atoms with Gasteiger partial charge in [0.1, 0.15) is 5.52 Å². The Hall–Kier alpha value is -3.12. The van der Waals surface area contributed by atoms with Crippen molar-refractivity contribution in [2.45, 2.75) is 25.7 Å². The van der Waals surface area contributed by atoms with Crippen LogP contribution < -0.4 is 4.72 Å². The summed E-state index contributed by atoms with van der Waals surface area (Å²) in [6.07, 6.45) is 0. The Bertz CT molecular complexity index is 1240. The number of oxazole rings is 1. The molecule has 0 radical (unpaired) electrons. The van der Waals surface area contributed by atoms with Crippen LogP contribution >= 0.6 is 0 Å². The van der Waals surface area contributed by atoms with E-state index in [-0.39, 0.29) is 4.90 Å². The van der Waals surface area contributed by atoms with Crippen LogP contribution in [0, 0.1) is 20.8 Å². The monoisotopic (exact) mass is 392 g/mol. The van der Waals surface area contributed by atoms with Crippen LogP contribution in [0.15, 0.2) is 70.0 Å². The summed E-state index contributed by atoms with van der Waals surface area (Å²) < 4.78 is 33.9. The minimum absolute atomic E-state index is 0.215. The molecule has 1 N–H and O–H groups in total. The van der Waals surface area contributed by atoms with Gasteiger partial charge in [0.25, 0.3) is 10.0 Å². The van der Waals surface area contributed by atoms with E-state index in [1.807, 2.05) is 45.0 Å². The molecule has 0 aliphatic heterocycles. The summed E-state index contributed by atoms with van der Waals surface area (Å²) in [6.45, 7) is 5.91. The lowest BCUT2D eigenvalue weighted by atomic mass is 10.1. The third-order valence-electron chi connectivity index (χ3n) is 4.79. The fraction of sp³-hybridized carbons (Fsp3) is 0.136. The number of sulfonamides is 1. The molecule has 0 amide bonds. The third-order valence-corrected chi connectivity index (χ3v) is 6.17. The zero-order valence-electron chi connectivity index (χ0n) is 15.9. The van der Waals surface area contributed by atoms with E-state index in [1.54, 1.807) is 36.4 Å². The molecule has 5 nitrogen and oxygen atoms in total. The Morgan fingerprint density at radius 1 is 0.857 bits per heavy atom. The number of nitrogens with one attached hydrogen (secondary N) is 1. The second kappa shape index (κ2) is 6.80. The van der Waals surface area contributed by atoms with Gasteiger partial charge in [0.2, 0.25) is 5.89 Å². The highest BCUT2D eigenvalue weighted by Crippen LogP contribution is 2.30. The van der Waals surface area contributed by atoms with Gasteiger partial charge in [-0.05, 0) is 73.9 Å². The van der Waals surface area contributed by atoms with Gasteiger partial charge in [-0.1, -0.05) is 24.3 Å². The molecule has 1 heterocycles. The topological polar surface area (TPSA) is 72.2 Å². The summed E-state index contributed by atoms with van der Waals surface area (Å²) in [5, 5.41) is 0. The average Bonchev–Trinajstić information content (AvgIpc) is 3.07. The molecule has 6 heteroatoms. The molecular formula is C22H20N2O3S. The Morgan fingerprint density at radius 2 is 1.57 bits per heavy atom. The van der Waals surface area contributed by atoms with E-state index in [0.29, 0.717) is 22.7 Å². The maximum atomic E-state index is 12.7. The molecule has 0 saturated carbocycles. The lowest BCUT2D eigenvalue weighted by Crippen LogP contribution is -2.13. The third kappa shape index (κ3) is 3.39. The fourth-order valence-corrected chi connectivity index (χ4v) is 4.11. The number of fused-ring (bicyclic) bond motifs is 1. The number of nitrogens with zero attached hydrogens (tertiary/aromatic N) is 1. The summed E-state index contributed by atoms with van der Waals surface area (Å²) in [5.41, 5.74) is 5.79. The molecule has 0 bridgehead atoms. The van der Waals surface area contributed by atoms with Crippen LogP contribution in [0.1, 0.15) is 16.7 Å². The van der Waals surface area contributed by atoms with Crippen molar-refractivity contribution in [3.05, 3.63) is 77.4 Å². The Morgan fingerprint density at radius 3 is 2.32 bits per heavy atom. The van der Waals surface area contributed by atoms with Crippen LogP contribution in [-0.2, 0) is 10.0 Å². The van der Waals surface area contributed by atoms with Crippen molar-refractivity contribution in [2.75, 3.05) is 4.72 Å². The first kappa shape index (κ1) is 18.3. The number of aromatic nitrogens is 1. The van der Waals surface area contributed by atoms with Crippen molar-refractivity contribution in [3.8, 4) is 11.5 Å². The van der Waals surface area contributed by atoms with Crippen LogP contribution in [0.4, 0.5) is 5.69 Å². The molecule has 0 spiro atoms. The quantitative estimate of drug-likeness (QED) is 0.517. The SMILES string of the molecule is Cc1cc2nc(-c3ccc(C)c(NS(=O)(=O)c4ccccc4)c3)oc2cc1C. The molecule has 3 aromatic carbocycles. The summed E-state index contributed by atoms with van der Waals surface area (Å²) >= 11 is 0. The first-order chi connectivity index (χ1) is 13.3. The van der Waals surface area contributed by atoms with Crippen LogP contribution in [0.5, 0.6) is 0 Å². The molecule has 0 unspecified atom stereocenters. The predicted molar refractivity (Wildman–Crippen MR) is 111 cm³/mol. The van der Waals surface area contributed by atoms with Gasteiger partial charge in [-0.15, -0.1) is 0 Å². The average molecular weight is 392 g/mol. The Labute approximate surface area is 164 Å². The van der Waals surface area contributed by atoms with Gasteiger partial charge >= 0.3 is 0 Å². The smallest absolute Gasteiger partial charge is 0.261 e. The van der Waals surface area contributed by atoms with Gasteiger partial charge in [-0.25, -0.2) is 13.4 Å². The molecule has 0 saturated heterocycles. The molecule has 28 heavy (non-hydrogen) atoms. The van der Waals surface area contributed by atoms with Crippen molar-refractivity contribution in [3.63, 3.8) is 0 Å². The minimum Gasteiger partial charge on any atom is -0.436 e. The standard InChI is InChI=1S/C22H20N2O3S/c1-14-9-10-17(22-23-20-11-15(2)16(3)12-21(20)27-22)13-19(14)24-28(25,26)18-7-5-4-6-8-18/h4-13,24H,1-3H3. The van der Waals surface area contributed by atoms with Gasteiger partial charge in [0, 0.05) is 5.56 Å². The van der Waals surface area contributed by atoms with Gasteiger partial charge in [0.05, 0.1) is 10.6 Å². The molecule has 4 aromatic rings. The van der Waals surface area contributed by atoms with E-state index >= 15 is 0 Å². The Balaban J connectivity index is 1.73. The Kier molecular flexibility index (Phi) is 4.43. The highest BCUT2D eigenvalue weighted by Gasteiger charge is 2.17. The molecular weight excluding hydrogens is 372 g/mol. The molecule has 0 atom stereocenters. The molecule has 4 rings (SSSR count). The van der Waals surface area contributed by atoms with Gasteiger partial charge < -0.3 is 4.42 Å². The minimum atomic E-state index is -3.67. The van der Waals surface area contributed by atoms with E-state index in [0.717, 1.165) is 22.2 Å². The van der Waals surface area contributed by atoms with Crippen molar-refractivity contribution < 1.29 is 12.8 Å². The van der Waals surface area contributed by atoms with E-state index in [9.17, 15) is 8.42 Å². The van der Waals surface area contributed by atoms with Crippen molar-refractivity contribution in [2.24, 2.45) is 0 Å². The van der Waals surface area contributed by atoms with Crippen LogP contribution in [0.3, 0.4) is 0 Å². The molecule has 1 aromatic heterocycles. The molecule has 142 valence electrons. The highest BCUT2D eigenvalue weighted by atomic mass is 32.2. The number of hydrogen-bond acceptors (Lipinski definition) is 4. The van der Waals surface area contributed by atoms with E-state index in [1.165, 1.54) is 0 Å². The maximum Gasteiger partial charge on any atom is 0.261 e. The maximum absolute atomic E-state index is 12.7. The van der Waals surface area contributed by atoms with E-state index in [4.69, 9.17) is 4.42 Å². The van der Waals surface area contributed by atoms with Crippen molar-refractivity contribution in [1.29, 1.82) is 0 Å². The van der Waals surface area contributed by atoms with Crippen molar-refractivity contribution >= 4 is 26.8 Å². The fourth-order valence-electron chi connectivity index (χ4n) is 2.97. The summed E-state index contributed by atoms with van der Waals surface area (Å²) in [5.74, 6) is 0.458. The van der Waals surface area contributed by atoms with E-state index < -0.39 is 10.0 Å². The number of rotatable bonds is 4. The summed E-state index contributed by atoms with van der Waals surface area (Å²) in [6, 6.07) is 17.7. The first-order valence-electron chi connectivity index (χ1n) is 8.90. The number of benzene rings is 3. The lowest BCUT2D eigenvalue weighted by molar-refractivity contribution is 0.601. The normalized spacial score (nSPS) is 11.7. The van der Waals surface area contributed by atoms with Gasteiger partial charge in [0.15, 0.2) is 5.58 Å².